The van der Waals surface area contributed by atoms with Gasteiger partial charge in [0.25, 0.3) is 5.91 Å². The van der Waals surface area contributed by atoms with Crippen LogP contribution in [0.15, 0.2) is 66.2 Å². The topological polar surface area (TPSA) is 56.8 Å². The van der Waals surface area contributed by atoms with Crippen molar-refractivity contribution < 1.29 is 22.7 Å². The van der Waals surface area contributed by atoms with Gasteiger partial charge in [0, 0.05) is 19.3 Å². The summed E-state index contributed by atoms with van der Waals surface area (Å²) in [6.45, 7) is 2.44. The highest BCUT2D eigenvalue weighted by Crippen LogP contribution is 2.34. The molecule has 1 fully saturated rings. The number of alkyl halides is 3. The van der Waals surface area contributed by atoms with E-state index >= 15 is 0 Å². The lowest BCUT2D eigenvalue weighted by Crippen LogP contribution is -2.54. The molecule has 3 aliphatic rings. The Hall–Kier alpha value is -2.78. The first-order valence-corrected chi connectivity index (χ1v) is 9.33. The maximum atomic E-state index is 13.6. The summed E-state index contributed by atoms with van der Waals surface area (Å²) in [6, 6.07) is 5.27. The van der Waals surface area contributed by atoms with E-state index < -0.39 is 18.1 Å². The first-order valence-electron chi connectivity index (χ1n) is 9.33. The van der Waals surface area contributed by atoms with Gasteiger partial charge in [-0.15, -0.1) is 0 Å². The summed E-state index contributed by atoms with van der Waals surface area (Å²) in [6.07, 6.45) is 2.13. The number of amides is 1. The fourth-order valence-electron chi connectivity index (χ4n) is 3.63. The Kier molecular flexibility index (Phi) is 5.33. The number of fused-ring (bicyclic) bond motifs is 1. The molecule has 29 heavy (non-hydrogen) atoms. The summed E-state index contributed by atoms with van der Waals surface area (Å²) in [7, 11) is 0. The van der Waals surface area contributed by atoms with E-state index in [-0.39, 0.29) is 17.6 Å². The first-order chi connectivity index (χ1) is 13.9. The molecule has 0 aromatic heterocycles. The van der Waals surface area contributed by atoms with Crippen molar-refractivity contribution in [2.75, 3.05) is 26.3 Å². The number of allylic oxidation sites excluding steroid dienone is 3. The van der Waals surface area contributed by atoms with Gasteiger partial charge >= 0.3 is 6.18 Å². The molecule has 0 radical (unpaired) electrons. The zero-order valence-corrected chi connectivity index (χ0v) is 15.5. The van der Waals surface area contributed by atoms with Crippen molar-refractivity contribution >= 4 is 5.91 Å². The van der Waals surface area contributed by atoms with E-state index in [1.807, 2.05) is 11.0 Å². The van der Waals surface area contributed by atoms with E-state index in [2.05, 4.69) is 15.5 Å². The van der Waals surface area contributed by atoms with Gasteiger partial charge in [0.1, 0.15) is 5.70 Å². The van der Waals surface area contributed by atoms with Gasteiger partial charge in [0.05, 0.1) is 18.9 Å². The smallest absolute Gasteiger partial charge is 0.379 e. The van der Waals surface area contributed by atoms with Gasteiger partial charge in [-0.3, -0.25) is 9.69 Å². The van der Waals surface area contributed by atoms with Gasteiger partial charge in [-0.05, 0) is 17.7 Å². The lowest BCUT2D eigenvalue weighted by atomic mass is 10.1. The second-order valence-corrected chi connectivity index (χ2v) is 6.89. The number of benzene rings is 1. The molecule has 0 spiro atoms. The van der Waals surface area contributed by atoms with E-state index in [1.165, 1.54) is 24.3 Å². The highest BCUT2D eigenvalue weighted by atomic mass is 19.4. The van der Waals surface area contributed by atoms with Crippen LogP contribution in [0.25, 0.3) is 0 Å². The molecule has 6 nitrogen and oxygen atoms in total. The molecule has 1 aromatic carbocycles. The molecule has 0 aliphatic carbocycles. The molecule has 154 valence electrons. The zero-order chi connectivity index (χ0) is 20.4. The molecule has 0 bridgehead atoms. The number of carbonyl (C=O) groups excluding carboxylic acids is 1. The van der Waals surface area contributed by atoms with Gasteiger partial charge < -0.3 is 20.3 Å². The number of rotatable bonds is 4. The van der Waals surface area contributed by atoms with Crippen LogP contribution in [0.1, 0.15) is 11.6 Å². The van der Waals surface area contributed by atoms with E-state index in [9.17, 15) is 18.0 Å². The van der Waals surface area contributed by atoms with E-state index in [1.54, 1.807) is 24.4 Å². The third-order valence-corrected chi connectivity index (χ3v) is 5.04. The number of nitrogens with one attached hydrogen (secondary N) is 2. The first kappa shape index (κ1) is 19.5. The molecule has 3 heterocycles. The molecule has 2 atom stereocenters. The SMILES string of the molecule is O=C(NC(c1ccccc1)C(F)(F)F)C1=C2C=CC=CN2C(N2CCOCC2)N1. The summed E-state index contributed by atoms with van der Waals surface area (Å²) in [4.78, 5) is 16.8. The van der Waals surface area contributed by atoms with Crippen LogP contribution in [0.3, 0.4) is 0 Å². The average molecular weight is 406 g/mol. The van der Waals surface area contributed by atoms with E-state index in [0.29, 0.717) is 32.0 Å². The van der Waals surface area contributed by atoms with Crippen molar-refractivity contribution in [3.63, 3.8) is 0 Å². The fourth-order valence-corrected chi connectivity index (χ4v) is 3.63. The molecule has 0 saturated carbocycles. The van der Waals surface area contributed by atoms with Crippen molar-refractivity contribution in [3.05, 3.63) is 71.7 Å². The molecule has 4 rings (SSSR count). The molecule has 2 unspecified atom stereocenters. The molecule has 3 aliphatic heterocycles. The lowest BCUT2D eigenvalue weighted by molar-refractivity contribution is -0.162. The zero-order valence-electron chi connectivity index (χ0n) is 15.5. The quantitative estimate of drug-likeness (QED) is 0.803. The Morgan fingerprint density at radius 1 is 1.17 bits per heavy atom. The predicted octanol–water partition coefficient (Wildman–Crippen LogP) is 2.22. The van der Waals surface area contributed by atoms with Gasteiger partial charge in [-0.2, -0.15) is 13.2 Å². The molecule has 9 heteroatoms. The van der Waals surface area contributed by atoms with Gasteiger partial charge in [-0.1, -0.05) is 36.4 Å². The number of halogens is 3. The van der Waals surface area contributed by atoms with Crippen molar-refractivity contribution in [2.24, 2.45) is 0 Å². The highest BCUT2D eigenvalue weighted by molar-refractivity contribution is 5.95. The minimum atomic E-state index is -4.62. The molecule has 1 amide bonds. The van der Waals surface area contributed by atoms with Crippen LogP contribution in [-0.4, -0.2) is 54.5 Å². The molecular weight excluding hydrogens is 385 g/mol. The normalized spacial score (nSPS) is 23.0. The fraction of sp³-hybridized carbons (Fsp3) is 0.350. The van der Waals surface area contributed by atoms with Gasteiger partial charge in [0.2, 0.25) is 0 Å². The molecule has 1 saturated heterocycles. The second-order valence-electron chi connectivity index (χ2n) is 6.89. The van der Waals surface area contributed by atoms with Crippen LogP contribution in [-0.2, 0) is 9.53 Å². The minimum absolute atomic E-state index is 0.0161. The Bertz CT molecular complexity index is 845. The largest absolute Gasteiger partial charge is 0.412 e. The lowest BCUT2D eigenvalue weighted by Gasteiger charge is -2.37. The summed E-state index contributed by atoms with van der Waals surface area (Å²) in [5.74, 6) is -0.799. The Balaban J connectivity index is 1.58. The number of carbonyl (C=O) groups is 1. The van der Waals surface area contributed by atoms with Gasteiger partial charge in [-0.25, -0.2) is 0 Å². The van der Waals surface area contributed by atoms with Crippen LogP contribution >= 0.6 is 0 Å². The van der Waals surface area contributed by atoms with Crippen LogP contribution < -0.4 is 10.6 Å². The Morgan fingerprint density at radius 2 is 1.90 bits per heavy atom. The maximum absolute atomic E-state index is 13.6. The maximum Gasteiger partial charge on any atom is 0.412 e. The molecular formula is C20H21F3N4O2. The summed E-state index contributed by atoms with van der Waals surface area (Å²) in [5, 5.41) is 5.26. The third kappa shape index (κ3) is 4.01. The number of morpholine rings is 1. The van der Waals surface area contributed by atoms with E-state index in [4.69, 9.17) is 4.74 Å². The Morgan fingerprint density at radius 3 is 2.59 bits per heavy atom. The standard InChI is InChI=1S/C20H21F3N4O2/c21-20(22,23)17(14-6-2-1-3-7-14)25-18(28)16-15-8-4-5-9-27(15)19(24-16)26-10-12-29-13-11-26/h1-9,17,19,24H,10-13H2,(H,25,28). The van der Waals surface area contributed by atoms with Crippen LogP contribution in [0, 0.1) is 0 Å². The van der Waals surface area contributed by atoms with Crippen molar-refractivity contribution in [3.8, 4) is 0 Å². The van der Waals surface area contributed by atoms with E-state index in [0.717, 1.165) is 0 Å². The highest BCUT2D eigenvalue weighted by Gasteiger charge is 2.44. The average Bonchev–Trinajstić information content (AvgIpc) is 3.12. The molecule has 1 aromatic rings. The van der Waals surface area contributed by atoms with Crippen molar-refractivity contribution in [1.82, 2.24) is 20.4 Å². The van der Waals surface area contributed by atoms with Crippen molar-refractivity contribution in [2.45, 2.75) is 18.5 Å². The van der Waals surface area contributed by atoms with Gasteiger partial charge in [0.15, 0.2) is 12.3 Å². The number of hydrogen-bond acceptors (Lipinski definition) is 5. The summed E-state index contributed by atoms with van der Waals surface area (Å²) >= 11 is 0. The van der Waals surface area contributed by atoms with Crippen molar-refractivity contribution in [1.29, 1.82) is 0 Å². The predicted molar refractivity (Wildman–Crippen MR) is 99.8 cm³/mol. The number of nitrogens with zero attached hydrogens (tertiary/aromatic N) is 2. The van der Waals surface area contributed by atoms with Crippen LogP contribution in [0.5, 0.6) is 0 Å². The second kappa shape index (κ2) is 7.92. The molecule has 2 N–H and O–H groups in total. The van der Waals surface area contributed by atoms with Crippen LogP contribution in [0.4, 0.5) is 13.2 Å². The number of hydrogen-bond donors (Lipinski definition) is 2. The summed E-state index contributed by atoms with van der Waals surface area (Å²) in [5.41, 5.74) is 0.639. The minimum Gasteiger partial charge on any atom is -0.379 e. The summed E-state index contributed by atoms with van der Waals surface area (Å²) < 4.78 is 46.3. The number of ether oxygens (including phenoxy) is 1. The van der Waals surface area contributed by atoms with Crippen LogP contribution in [0.2, 0.25) is 0 Å². The Labute approximate surface area is 166 Å². The third-order valence-electron chi connectivity index (χ3n) is 5.04. The monoisotopic (exact) mass is 406 g/mol.